The van der Waals surface area contributed by atoms with Crippen LogP contribution in [0.5, 0.6) is 0 Å². The molecule has 4 heterocycles. The van der Waals surface area contributed by atoms with Crippen LogP contribution in [0.15, 0.2) is 60.8 Å². The van der Waals surface area contributed by atoms with Crippen LogP contribution in [0.2, 0.25) is 0 Å². The number of hydrogen-bond donors (Lipinski definition) is 2. The lowest BCUT2D eigenvalue weighted by Gasteiger charge is -2.46. The van der Waals surface area contributed by atoms with Gasteiger partial charge in [-0.1, -0.05) is 30.3 Å². The van der Waals surface area contributed by atoms with Gasteiger partial charge in [0.05, 0.1) is 11.6 Å². The molecule has 4 aromatic rings. The van der Waals surface area contributed by atoms with Gasteiger partial charge in [0.1, 0.15) is 5.69 Å². The number of benzene rings is 2. The van der Waals surface area contributed by atoms with E-state index in [-0.39, 0.29) is 12.1 Å². The second-order valence-corrected chi connectivity index (χ2v) is 9.02. The Morgan fingerprint density at radius 2 is 1.94 bits per heavy atom. The lowest BCUT2D eigenvalue weighted by atomic mass is 10.0. The number of rotatable bonds is 5. The number of hydrogen-bond acceptors (Lipinski definition) is 4. The number of likely N-dealkylation sites (tertiary alicyclic amines) is 1. The molecule has 6 rings (SSSR count). The van der Waals surface area contributed by atoms with Crippen LogP contribution in [0.25, 0.3) is 22.2 Å². The zero-order chi connectivity index (χ0) is 22.4. The Balaban J connectivity index is 1.18. The minimum Gasteiger partial charge on any atom is -0.315 e. The third kappa shape index (κ3) is 3.74. The Morgan fingerprint density at radius 1 is 1.09 bits per heavy atom. The van der Waals surface area contributed by atoms with Crippen LogP contribution >= 0.6 is 0 Å². The predicted octanol–water partition coefficient (Wildman–Crippen LogP) is 4.21. The van der Waals surface area contributed by atoms with E-state index in [9.17, 15) is 4.79 Å². The summed E-state index contributed by atoms with van der Waals surface area (Å²) in [5, 5.41) is 11.8. The van der Waals surface area contributed by atoms with E-state index in [1.165, 1.54) is 5.56 Å². The molecule has 7 nitrogen and oxygen atoms in total. The van der Waals surface area contributed by atoms with Crippen LogP contribution in [0.3, 0.4) is 0 Å². The number of urea groups is 1. The molecule has 2 aliphatic heterocycles. The van der Waals surface area contributed by atoms with Gasteiger partial charge in [0.15, 0.2) is 0 Å². The normalized spacial score (nSPS) is 16.5. The maximum atomic E-state index is 12.8. The number of aromatic nitrogens is 3. The summed E-state index contributed by atoms with van der Waals surface area (Å²) in [7, 11) is 0. The molecule has 1 saturated heterocycles. The fourth-order valence-electron chi connectivity index (χ4n) is 4.86. The van der Waals surface area contributed by atoms with E-state index < -0.39 is 0 Å². The van der Waals surface area contributed by atoms with Gasteiger partial charge in [-0.15, -0.1) is 0 Å². The number of H-pyrrole nitrogens is 1. The summed E-state index contributed by atoms with van der Waals surface area (Å²) in [5.74, 6) is 0. The van der Waals surface area contributed by atoms with Crippen LogP contribution < -0.4 is 5.32 Å². The number of nitrogens with one attached hydrogen (secondary N) is 2. The quantitative estimate of drug-likeness (QED) is 0.489. The minimum atomic E-state index is -0.0148. The molecule has 0 unspecified atom stereocenters. The van der Waals surface area contributed by atoms with Gasteiger partial charge in [0.2, 0.25) is 0 Å². The number of carbonyl (C=O) groups excluding carboxylic acids is 1. The molecule has 2 aromatic carbocycles. The Hall–Kier alpha value is -3.71. The van der Waals surface area contributed by atoms with Gasteiger partial charge in [-0.25, -0.2) is 4.79 Å². The predicted molar refractivity (Wildman–Crippen MR) is 129 cm³/mol. The second kappa shape index (κ2) is 8.01. The number of pyridine rings is 1. The molecule has 7 heteroatoms. The molecule has 0 spiro atoms. The SMILES string of the molecule is Cc1cc(-c2n[nH]c3cc4c(cc23)CN(C2CN(CCc3ccccc3)C2)C(=O)N4)ccn1. The summed E-state index contributed by atoms with van der Waals surface area (Å²) in [6.07, 6.45) is 2.85. The number of aromatic amines is 1. The van der Waals surface area contributed by atoms with Crippen molar-refractivity contribution in [3.05, 3.63) is 77.6 Å². The first-order valence-electron chi connectivity index (χ1n) is 11.4. The summed E-state index contributed by atoms with van der Waals surface area (Å²) >= 11 is 0. The van der Waals surface area contributed by atoms with Crippen molar-refractivity contribution in [2.45, 2.75) is 25.9 Å². The third-order valence-electron chi connectivity index (χ3n) is 6.74. The molecule has 0 saturated carbocycles. The van der Waals surface area contributed by atoms with Crippen molar-refractivity contribution >= 4 is 22.6 Å². The average molecular weight is 439 g/mol. The van der Waals surface area contributed by atoms with Gasteiger partial charge in [0, 0.05) is 54.7 Å². The summed E-state index contributed by atoms with van der Waals surface area (Å²) in [4.78, 5) is 21.5. The highest BCUT2D eigenvalue weighted by Gasteiger charge is 2.36. The van der Waals surface area contributed by atoms with E-state index in [2.05, 4.69) is 55.7 Å². The molecule has 1 fully saturated rings. The van der Waals surface area contributed by atoms with E-state index in [0.717, 1.165) is 65.2 Å². The number of aryl methyl sites for hydroxylation is 1. The minimum absolute atomic E-state index is 0.0148. The van der Waals surface area contributed by atoms with Gasteiger partial charge in [-0.2, -0.15) is 5.10 Å². The standard InChI is InChI=1S/C26H26N6O/c1-17-11-19(7-9-27-17)25-22-12-20-14-32(26(33)28-23(20)13-24(22)29-30-25)21-15-31(16-21)10-8-18-5-3-2-4-6-18/h2-7,9,11-13,21H,8,10,14-16H2,1H3,(H,28,33)(H,29,30). The second-order valence-electron chi connectivity index (χ2n) is 9.02. The average Bonchev–Trinajstić information content (AvgIpc) is 3.20. The van der Waals surface area contributed by atoms with Crippen LogP contribution in [0.4, 0.5) is 10.5 Å². The molecule has 2 aromatic heterocycles. The van der Waals surface area contributed by atoms with Crippen molar-refractivity contribution in [3.63, 3.8) is 0 Å². The van der Waals surface area contributed by atoms with Crippen LogP contribution in [-0.4, -0.2) is 56.7 Å². The Labute approximate surface area is 192 Å². The fourth-order valence-corrected chi connectivity index (χ4v) is 4.86. The first-order valence-corrected chi connectivity index (χ1v) is 11.4. The number of anilines is 1. The van der Waals surface area contributed by atoms with Crippen molar-refractivity contribution in [1.82, 2.24) is 25.0 Å². The smallest absolute Gasteiger partial charge is 0.315 e. The molecule has 2 aliphatic rings. The molecule has 33 heavy (non-hydrogen) atoms. The lowest BCUT2D eigenvalue weighted by molar-refractivity contribution is 0.0536. The summed E-state index contributed by atoms with van der Waals surface area (Å²) in [5.41, 5.74) is 7.18. The number of nitrogens with zero attached hydrogens (tertiary/aromatic N) is 4. The van der Waals surface area contributed by atoms with Crippen LogP contribution in [-0.2, 0) is 13.0 Å². The van der Waals surface area contributed by atoms with Crippen LogP contribution in [0.1, 0.15) is 16.8 Å². The van der Waals surface area contributed by atoms with Gasteiger partial charge in [-0.05, 0) is 48.7 Å². The van der Waals surface area contributed by atoms with Gasteiger partial charge >= 0.3 is 6.03 Å². The molecule has 0 aliphatic carbocycles. The third-order valence-corrected chi connectivity index (χ3v) is 6.74. The lowest BCUT2D eigenvalue weighted by Crippen LogP contribution is -2.62. The highest BCUT2D eigenvalue weighted by molar-refractivity contribution is 6.00. The summed E-state index contributed by atoms with van der Waals surface area (Å²) < 4.78 is 0. The molecular weight excluding hydrogens is 412 g/mol. The number of carbonyl (C=O) groups is 1. The van der Waals surface area contributed by atoms with Crippen LogP contribution in [0, 0.1) is 6.92 Å². The molecule has 0 bridgehead atoms. The van der Waals surface area contributed by atoms with Crippen molar-refractivity contribution in [1.29, 1.82) is 0 Å². The monoisotopic (exact) mass is 438 g/mol. The maximum Gasteiger partial charge on any atom is 0.322 e. The Kier molecular flexibility index (Phi) is 4.84. The molecule has 166 valence electrons. The first-order chi connectivity index (χ1) is 16.1. The van der Waals surface area contributed by atoms with Crippen molar-refractivity contribution in [3.8, 4) is 11.3 Å². The van der Waals surface area contributed by atoms with Crippen molar-refractivity contribution in [2.24, 2.45) is 0 Å². The molecule has 0 atom stereocenters. The molecular formula is C26H26N6O. The van der Waals surface area contributed by atoms with Gasteiger partial charge in [0.25, 0.3) is 0 Å². The molecule has 0 radical (unpaired) electrons. The molecule has 2 N–H and O–H groups in total. The van der Waals surface area contributed by atoms with E-state index in [0.29, 0.717) is 6.54 Å². The number of fused-ring (bicyclic) bond motifs is 2. The largest absolute Gasteiger partial charge is 0.322 e. The first kappa shape index (κ1) is 19.9. The zero-order valence-electron chi connectivity index (χ0n) is 18.6. The zero-order valence-corrected chi connectivity index (χ0v) is 18.6. The number of amides is 2. The van der Waals surface area contributed by atoms with E-state index in [1.807, 2.05) is 42.3 Å². The van der Waals surface area contributed by atoms with Crippen molar-refractivity contribution < 1.29 is 4.79 Å². The highest BCUT2D eigenvalue weighted by Crippen LogP contribution is 2.34. The van der Waals surface area contributed by atoms with Gasteiger partial charge in [-0.3, -0.25) is 15.0 Å². The van der Waals surface area contributed by atoms with Gasteiger partial charge < -0.3 is 10.2 Å². The Morgan fingerprint density at radius 3 is 2.76 bits per heavy atom. The maximum absolute atomic E-state index is 12.8. The van der Waals surface area contributed by atoms with E-state index in [1.54, 1.807) is 0 Å². The van der Waals surface area contributed by atoms with E-state index in [4.69, 9.17) is 0 Å². The topological polar surface area (TPSA) is 77.2 Å². The highest BCUT2D eigenvalue weighted by atomic mass is 16.2. The molecule has 2 amide bonds. The van der Waals surface area contributed by atoms with E-state index >= 15 is 0 Å². The Bertz CT molecular complexity index is 1330. The summed E-state index contributed by atoms with van der Waals surface area (Å²) in [6, 6.07) is 19.0. The fraction of sp³-hybridized carbons (Fsp3) is 0.269. The summed E-state index contributed by atoms with van der Waals surface area (Å²) in [6.45, 7) is 5.47. The van der Waals surface area contributed by atoms with Crippen molar-refractivity contribution in [2.75, 3.05) is 25.0 Å².